The minimum absolute atomic E-state index is 0.0410. The van der Waals surface area contributed by atoms with E-state index in [1.807, 2.05) is 48.5 Å². The van der Waals surface area contributed by atoms with E-state index in [-0.39, 0.29) is 24.5 Å². The van der Waals surface area contributed by atoms with Crippen molar-refractivity contribution in [2.45, 2.75) is 37.9 Å². The van der Waals surface area contributed by atoms with Crippen LogP contribution in [0.2, 0.25) is 0 Å². The first-order valence-electron chi connectivity index (χ1n) is 15.0. The van der Waals surface area contributed by atoms with E-state index in [1.165, 1.54) is 5.56 Å². The fourth-order valence-corrected chi connectivity index (χ4v) is 5.55. The first-order chi connectivity index (χ1) is 21.1. The summed E-state index contributed by atoms with van der Waals surface area (Å²) in [5.74, 6) is 2.96. The molecule has 0 radical (unpaired) electrons. The lowest BCUT2D eigenvalue weighted by Crippen LogP contribution is -2.41. The molecular formula is C34H42N2O7. The van der Waals surface area contributed by atoms with E-state index in [4.69, 9.17) is 28.4 Å². The van der Waals surface area contributed by atoms with E-state index in [1.54, 1.807) is 14.2 Å². The van der Waals surface area contributed by atoms with E-state index in [0.717, 1.165) is 67.4 Å². The Bertz CT molecular complexity index is 1320. The number of methoxy groups -OCH3 is 2. The first-order valence-corrected chi connectivity index (χ1v) is 15.0. The second-order valence-corrected chi connectivity index (χ2v) is 10.8. The zero-order valence-electron chi connectivity index (χ0n) is 25.1. The second-order valence-electron chi connectivity index (χ2n) is 10.8. The summed E-state index contributed by atoms with van der Waals surface area (Å²) in [4.78, 5) is 14.1. The van der Waals surface area contributed by atoms with Crippen molar-refractivity contribution < 1.29 is 33.2 Å². The van der Waals surface area contributed by atoms with Gasteiger partial charge in [0.25, 0.3) is 0 Å². The van der Waals surface area contributed by atoms with Crippen LogP contribution in [0.15, 0.2) is 66.7 Å². The summed E-state index contributed by atoms with van der Waals surface area (Å²) in [7, 11) is 3.33. The van der Waals surface area contributed by atoms with Gasteiger partial charge in [0.05, 0.1) is 38.7 Å². The average molecular weight is 591 g/mol. The van der Waals surface area contributed by atoms with Crippen molar-refractivity contribution in [3.63, 3.8) is 0 Å². The van der Waals surface area contributed by atoms with Gasteiger partial charge in [-0.25, -0.2) is 4.79 Å². The van der Waals surface area contributed by atoms with Crippen LogP contribution in [-0.4, -0.2) is 72.3 Å². The number of carbonyl (C=O) groups is 1. The molecule has 9 heteroatoms. The van der Waals surface area contributed by atoms with Crippen molar-refractivity contribution in [2.24, 2.45) is 0 Å². The van der Waals surface area contributed by atoms with Crippen LogP contribution in [0.4, 0.5) is 5.69 Å². The number of fused-ring (bicyclic) bond motifs is 1. The van der Waals surface area contributed by atoms with Crippen LogP contribution >= 0.6 is 0 Å². The van der Waals surface area contributed by atoms with Crippen LogP contribution in [0, 0.1) is 0 Å². The summed E-state index contributed by atoms with van der Waals surface area (Å²) in [5.41, 5.74) is 3.23. The maximum absolute atomic E-state index is 12.1. The molecule has 3 aromatic rings. The highest BCUT2D eigenvalue weighted by atomic mass is 16.5. The highest BCUT2D eigenvalue weighted by Crippen LogP contribution is 2.34. The zero-order valence-corrected chi connectivity index (χ0v) is 25.1. The number of esters is 1. The Morgan fingerprint density at radius 2 is 1.74 bits per heavy atom. The fourth-order valence-electron chi connectivity index (χ4n) is 5.55. The van der Waals surface area contributed by atoms with Gasteiger partial charge in [-0.05, 0) is 66.9 Å². The lowest BCUT2D eigenvalue weighted by Gasteiger charge is -2.33. The summed E-state index contributed by atoms with van der Waals surface area (Å²) < 4.78 is 34.3. The largest absolute Gasteiger partial charge is 0.493 e. The smallest absolute Gasteiger partial charge is 0.331 e. The van der Waals surface area contributed by atoms with Gasteiger partial charge in [0, 0.05) is 39.1 Å². The van der Waals surface area contributed by atoms with Gasteiger partial charge in [-0.15, -0.1) is 0 Å². The number of nitrogens with one attached hydrogen (secondary N) is 1. The monoisotopic (exact) mass is 590 g/mol. The molecule has 9 nitrogen and oxygen atoms in total. The standard InChI is InChI=1S/C34H42N2O7/c1-38-18-5-17-36-23-34(37)43-30-14-9-25(21-29(30)36)24-42-33-22-35-16-15-28(33)26-10-12-27(13-11-26)40-19-6-20-41-32-8-4-3-7-31(32)39-2/h3-4,7-14,21,28,33,35H,5-6,15-20,22-24H2,1-2H3. The number of hydrogen-bond acceptors (Lipinski definition) is 9. The molecule has 0 aromatic heterocycles. The summed E-state index contributed by atoms with van der Waals surface area (Å²) in [6.45, 7) is 4.96. The molecule has 230 valence electrons. The van der Waals surface area contributed by atoms with E-state index >= 15 is 0 Å². The molecule has 1 fully saturated rings. The second kappa shape index (κ2) is 15.6. The Kier molecular flexibility index (Phi) is 11.1. The molecule has 2 aliphatic heterocycles. The molecule has 0 aliphatic carbocycles. The van der Waals surface area contributed by atoms with Gasteiger partial charge in [-0.3, -0.25) is 0 Å². The number of rotatable bonds is 15. The molecule has 1 saturated heterocycles. The number of anilines is 1. The van der Waals surface area contributed by atoms with Gasteiger partial charge in [0.2, 0.25) is 0 Å². The molecule has 2 aliphatic rings. The molecule has 2 atom stereocenters. The number of nitrogens with zero attached hydrogens (tertiary/aromatic N) is 1. The number of hydrogen-bond donors (Lipinski definition) is 1. The first kappa shape index (κ1) is 30.7. The maximum Gasteiger partial charge on any atom is 0.331 e. The van der Waals surface area contributed by atoms with Crippen LogP contribution in [0.25, 0.3) is 0 Å². The molecule has 2 unspecified atom stereocenters. The topological polar surface area (TPSA) is 87.7 Å². The van der Waals surface area contributed by atoms with Gasteiger partial charge >= 0.3 is 5.97 Å². The zero-order chi connectivity index (χ0) is 29.9. The van der Waals surface area contributed by atoms with E-state index < -0.39 is 0 Å². The normalized spacial score (nSPS) is 18.1. The Labute approximate surface area is 254 Å². The molecule has 5 rings (SSSR count). The number of piperidine rings is 1. The SMILES string of the molecule is COCCCN1CC(=O)Oc2ccc(COC3CNCCC3c3ccc(OCCCOc4ccccc4OC)cc3)cc21. The molecule has 0 saturated carbocycles. The van der Waals surface area contributed by atoms with Gasteiger partial charge in [-0.2, -0.15) is 0 Å². The third kappa shape index (κ3) is 8.40. The number of ether oxygens (including phenoxy) is 6. The summed E-state index contributed by atoms with van der Waals surface area (Å²) in [6.07, 6.45) is 2.64. The summed E-state index contributed by atoms with van der Waals surface area (Å²) in [5, 5.41) is 3.48. The lowest BCUT2D eigenvalue weighted by atomic mass is 9.87. The number of carbonyl (C=O) groups excluding carboxylic acids is 1. The molecule has 2 heterocycles. The molecule has 0 amide bonds. The quantitative estimate of drug-likeness (QED) is 0.150. The van der Waals surface area contributed by atoms with E-state index in [2.05, 4.69) is 28.4 Å². The van der Waals surface area contributed by atoms with Gasteiger partial charge < -0.3 is 38.6 Å². The highest BCUT2D eigenvalue weighted by Gasteiger charge is 2.28. The number of benzene rings is 3. The Balaban J connectivity index is 1.12. The molecule has 1 N–H and O–H groups in total. The molecule has 0 bridgehead atoms. The van der Waals surface area contributed by atoms with Crippen molar-refractivity contribution in [3.05, 3.63) is 77.9 Å². The van der Waals surface area contributed by atoms with Crippen molar-refractivity contribution in [3.8, 4) is 23.0 Å². The van der Waals surface area contributed by atoms with Crippen molar-refractivity contribution in [1.82, 2.24) is 5.32 Å². The van der Waals surface area contributed by atoms with Gasteiger partial charge in [-0.1, -0.05) is 30.3 Å². The molecule has 3 aromatic carbocycles. The third-order valence-electron chi connectivity index (χ3n) is 7.77. The molecular weight excluding hydrogens is 548 g/mol. The van der Waals surface area contributed by atoms with Crippen LogP contribution < -0.4 is 29.2 Å². The minimum Gasteiger partial charge on any atom is -0.493 e. The lowest BCUT2D eigenvalue weighted by molar-refractivity contribution is -0.133. The molecule has 43 heavy (non-hydrogen) atoms. The van der Waals surface area contributed by atoms with Gasteiger partial charge in [0.1, 0.15) is 12.3 Å². The summed E-state index contributed by atoms with van der Waals surface area (Å²) >= 11 is 0. The van der Waals surface area contributed by atoms with Crippen molar-refractivity contribution in [1.29, 1.82) is 0 Å². The van der Waals surface area contributed by atoms with E-state index in [9.17, 15) is 4.79 Å². The highest BCUT2D eigenvalue weighted by molar-refractivity contribution is 5.84. The van der Waals surface area contributed by atoms with Gasteiger partial charge in [0.15, 0.2) is 17.2 Å². The predicted octanol–water partition coefficient (Wildman–Crippen LogP) is 4.97. The Morgan fingerprint density at radius 1 is 0.930 bits per heavy atom. The predicted molar refractivity (Wildman–Crippen MR) is 165 cm³/mol. The van der Waals surface area contributed by atoms with E-state index in [0.29, 0.717) is 32.2 Å². The summed E-state index contributed by atoms with van der Waals surface area (Å²) in [6, 6.07) is 21.9. The van der Waals surface area contributed by atoms with Crippen LogP contribution in [0.1, 0.15) is 36.3 Å². The number of para-hydroxylation sites is 2. The Hall–Kier alpha value is -3.79. The third-order valence-corrected chi connectivity index (χ3v) is 7.77. The van der Waals surface area contributed by atoms with Crippen LogP contribution in [0.5, 0.6) is 23.0 Å². The van der Waals surface area contributed by atoms with Crippen molar-refractivity contribution >= 4 is 11.7 Å². The minimum atomic E-state index is -0.237. The molecule has 0 spiro atoms. The average Bonchev–Trinajstić information content (AvgIpc) is 3.04. The van der Waals surface area contributed by atoms with Crippen LogP contribution in [0.3, 0.4) is 0 Å². The maximum atomic E-state index is 12.1. The van der Waals surface area contributed by atoms with Crippen LogP contribution in [-0.2, 0) is 20.9 Å². The van der Waals surface area contributed by atoms with Crippen molar-refractivity contribution in [2.75, 3.05) is 65.1 Å². The Morgan fingerprint density at radius 3 is 2.56 bits per heavy atom. The fraction of sp³-hybridized carbons (Fsp3) is 0.441.